The SMILES string of the molecule is CNC(C)c1ccc(Sc2ccccc2Br)cn1. The summed E-state index contributed by atoms with van der Waals surface area (Å²) in [7, 11) is 1.94. The molecule has 1 N–H and O–H groups in total. The van der Waals surface area contributed by atoms with Crippen LogP contribution in [0.4, 0.5) is 0 Å². The van der Waals surface area contributed by atoms with Crippen LogP contribution < -0.4 is 5.32 Å². The van der Waals surface area contributed by atoms with Crippen LogP contribution in [0, 0.1) is 0 Å². The molecule has 0 aliphatic heterocycles. The number of aromatic nitrogens is 1. The Kier molecular flexibility index (Phi) is 4.80. The normalized spacial score (nSPS) is 12.4. The van der Waals surface area contributed by atoms with Gasteiger partial charge in [-0.05, 0) is 54.2 Å². The third-order valence-corrected chi connectivity index (χ3v) is 4.71. The van der Waals surface area contributed by atoms with Gasteiger partial charge in [-0.2, -0.15) is 0 Å². The second-order valence-electron chi connectivity index (χ2n) is 3.96. The van der Waals surface area contributed by atoms with Crippen LogP contribution in [0.1, 0.15) is 18.7 Å². The van der Waals surface area contributed by atoms with Crippen LogP contribution in [0.2, 0.25) is 0 Å². The lowest BCUT2D eigenvalue weighted by molar-refractivity contribution is 0.631. The quantitative estimate of drug-likeness (QED) is 0.909. The lowest BCUT2D eigenvalue weighted by Gasteiger charge is -2.10. The smallest absolute Gasteiger partial charge is 0.0571 e. The molecule has 0 aliphatic rings. The van der Waals surface area contributed by atoms with Crippen molar-refractivity contribution in [3.63, 3.8) is 0 Å². The molecule has 1 atom stereocenters. The number of hydrogen-bond donors (Lipinski definition) is 1. The van der Waals surface area contributed by atoms with E-state index < -0.39 is 0 Å². The lowest BCUT2D eigenvalue weighted by atomic mass is 10.2. The molecule has 4 heteroatoms. The van der Waals surface area contributed by atoms with E-state index >= 15 is 0 Å². The van der Waals surface area contributed by atoms with Crippen LogP contribution in [-0.4, -0.2) is 12.0 Å². The average molecular weight is 323 g/mol. The predicted molar refractivity (Wildman–Crippen MR) is 80.0 cm³/mol. The Morgan fingerprint density at radius 2 is 2.00 bits per heavy atom. The molecule has 0 saturated heterocycles. The minimum atomic E-state index is 0.285. The van der Waals surface area contributed by atoms with Crippen molar-refractivity contribution in [1.82, 2.24) is 10.3 Å². The molecule has 1 aromatic carbocycles. The Labute approximate surface area is 120 Å². The number of halogens is 1. The van der Waals surface area contributed by atoms with E-state index in [1.807, 2.05) is 31.4 Å². The van der Waals surface area contributed by atoms with Crippen molar-refractivity contribution in [3.05, 3.63) is 52.8 Å². The Hall–Kier alpha value is -0.840. The lowest BCUT2D eigenvalue weighted by Crippen LogP contribution is -2.13. The molecule has 0 bridgehead atoms. The molecule has 0 fully saturated rings. The number of rotatable bonds is 4. The first kappa shape index (κ1) is 13.6. The maximum absolute atomic E-state index is 4.48. The molecule has 2 aromatic rings. The van der Waals surface area contributed by atoms with E-state index in [4.69, 9.17) is 0 Å². The largest absolute Gasteiger partial charge is 0.312 e. The highest BCUT2D eigenvalue weighted by atomic mass is 79.9. The summed E-state index contributed by atoms with van der Waals surface area (Å²) in [6.07, 6.45) is 1.92. The number of benzene rings is 1. The van der Waals surface area contributed by atoms with E-state index in [1.165, 1.54) is 4.90 Å². The van der Waals surface area contributed by atoms with E-state index in [-0.39, 0.29) is 6.04 Å². The summed E-state index contributed by atoms with van der Waals surface area (Å²) < 4.78 is 1.11. The van der Waals surface area contributed by atoms with Gasteiger partial charge in [0.1, 0.15) is 0 Å². The highest BCUT2D eigenvalue weighted by Crippen LogP contribution is 2.32. The molecule has 2 nitrogen and oxygen atoms in total. The third-order valence-electron chi connectivity index (χ3n) is 2.70. The number of hydrogen-bond acceptors (Lipinski definition) is 3. The Balaban J connectivity index is 2.14. The molecule has 0 saturated carbocycles. The highest BCUT2D eigenvalue weighted by Gasteiger charge is 2.05. The zero-order valence-corrected chi connectivity index (χ0v) is 12.8. The van der Waals surface area contributed by atoms with Crippen molar-refractivity contribution in [1.29, 1.82) is 0 Å². The molecule has 1 heterocycles. The van der Waals surface area contributed by atoms with Gasteiger partial charge in [-0.3, -0.25) is 4.98 Å². The highest BCUT2D eigenvalue weighted by molar-refractivity contribution is 9.10. The molecule has 0 aliphatic carbocycles. The van der Waals surface area contributed by atoms with E-state index in [1.54, 1.807) is 11.8 Å². The van der Waals surface area contributed by atoms with Crippen molar-refractivity contribution in [2.75, 3.05) is 7.05 Å². The second-order valence-corrected chi connectivity index (χ2v) is 5.93. The van der Waals surface area contributed by atoms with E-state index in [2.05, 4.69) is 51.4 Å². The first-order chi connectivity index (χ1) is 8.70. The van der Waals surface area contributed by atoms with Crippen molar-refractivity contribution < 1.29 is 0 Å². The summed E-state index contributed by atoms with van der Waals surface area (Å²) in [4.78, 5) is 6.83. The molecule has 18 heavy (non-hydrogen) atoms. The number of nitrogens with one attached hydrogen (secondary N) is 1. The minimum Gasteiger partial charge on any atom is -0.312 e. The zero-order chi connectivity index (χ0) is 13.0. The molecule has 0 spiro atoms. The van der Waals surface area contributed by atoms with Gasteiger partial charge in [-0.15, -0.1) is 0 Å². The van der Waals surface area contributed by atoms with Gasteiger partial charge in [0, 0.05) is 26.5 Å². The molecule has 0 radical (unpaired) electrons. The first-order valence-electron chi connectivity index (χ1n) is 5.76. The molecule has 94 valence electrons. The van der Waals surface area contributed by atoms with Gasteiger partial charge in [-0.1, -0.05) is 23.9 Å². The molecule has 2 rings (SSSR count). The van der Waals surface area contributed by atoms with Crippen molar-refractivity contribution in [2.24, 2.45) is 0 Å². The Bertz CT molecular complexity index is 513. The van der Waals surface area contributed by atoms with Crippen LogP contribution in [0.25, 0.3) is 0 Å². The first-order valence-corrected chi connectivity index (χ1v) is 7.37. The maximum atomic E-state index is 4.48. The van der Waals surface area contributed by atoms with Crippen LogP contribution in [0.15, 0.2) is 56.9 Å². The van der Waals surface area contributed by atoms with Crippen LogP contribution >= 0.6 is 27.7 Å². The topological polar surface area (TPSA) is 24.9 Å². The van der Waals surface area contributed by atoms with Gasteiger partial charge in [0.05, 0.1) is 5.69 Å². The fraction of sp³-hybridized carbons (Fsp3) is 0.214. The Morgan fingerprint density at radius 1 is 1.22 bits per heavy atom. The fourth-order valence-corrected chi connectivity index (χ4v) is 2.85. The standard InChI is InChI=1S/C14H15BrN2S/c1-10(16-2)13-8-7-11(9-17-13)18-14-6-4-3-5-12(14)15/h3-10,16H,1-2H3. The molecule has 1 unspecified atom stereocenters. The summed E-state index contributed by atoms with van der Waals surface area (Å²) in [5, 5.41) is 3.18. The van der Waals surface area contributed by atoms with Gasteiger partial charge >= 0.3 is 0 Å². The molecular weight excluding hydrogens is 308 g/mol. The monoisotopic (exact) mass is 322 g/mol. The summed E-state index contributed by atoms with van der Waals surface area (Å²) in [6, 6.07) is 12.7. The number of pyridine rings is 1. The Morgan fingerprint density at radius 3 is 2.61 bits per heavy atom. The van der Waals surface area contributed by atoms with Crippen molar-refractivity contribution in [3.8, 4) is 0 Å². The summed E-state index contributed by atoms with van der Waals surface area (Å²) in [5.74, 6) is 0. The van der Waals surface area contributed by atoms with Crippen molar-refractivity contribution in [2.45, 2.75) is 22.8 Å². The predicted octanol–water partition coefficient (Wildman–Crippen LogP) is 4.28. The maximum Gasteiger partial charge on any atom is 0.0571 e. The van der Waals surface area contributed by atoms with E-state index in [0.717, 1.165) is 15.1 Å². The molecule has 1 aromatic heterocycles. The van der Waals surface area contributed by atoms with Crippen LogP contribution in [0.3, 0.4) is 0 Å². The summed E-state index contributed by atoms with van der Waals surface area (Å²) >= 11 is 5.26. The van der Waals surface area contributed by atoms with E-state index in [9.17, 15) is 0 Å². The van der Waals surface area contributed by atoms with Gasteiger partial charge in [0.2, 0.25) is 0 Å². The number of nitrogens with zero attached hydrogens (tertiary/aromatic N) is 1. The summed E-state index contributed by atoms with van der Waals surface area (Å²) in [5.41, 5.74) is 1.06. The van der Waals surface area contributed by atoms with Crippen LogP contribution in [0.5, 0.6) is 0 Å². The van der Waals surface area contributed by atoms with Gasteiger partial charge in [0.25, 0.3) is 0 Å². The fourth-order valence-electron chi connectivity index (χ4n) is 1.51. The molecule has 0 amide bonds. The van der Waals surface area contributed by atoms with Gasteiger partial charge in [0.15, 0.2) is 0 Å². The van der Waals surface area contributed by atoms with Crippen molar-refractivity contribution >= 4 is 27.7 Å². The van der Waals surface area contributed by atoms with Gasteiger partial charge in [-0.25, -0.2) is 0 Å². The minimum absolute atomic E-state index is 0.285. The van der Waals surface area contributed by atoms with E-state index in [0.29, 0.717) is 0 Å². The second kappa shape index (κ2) is 6.36. The van der Waals surface area contributed by atoms with Gasteiger partial charge < -0.3 is 5.32 Å². The zero-order valence-electron chi connectivity index (χ0n) is 10.4. The molecular formula is C14H15BrN2S. The van der Waals surface area contributed by atoms with Crippen LogP contribution in [-0.2, 0) is 0 Å². The summed E-state index contributed by atoms with van der Waals surface area (Å²) in [6.45, 7) is 2.10. The average Bonchev–Trinajstić information content (AvgIpc) is 2.41. The third kappa shape index (κ3) is 3.34.